The van der Waals surface area contributed by atoms with Gasteiger partial charge in [-0.05, 0) is 61.9 Å². The van der Waals surface area contributed by atoms with E-state index in [0.717, 1.165) is 5.69 Å². The Hall–Kier alpha value is -4.66. The number of aliphatic hydroxyl groups excluding tert-OH is 1. The summed E-state index contributed by atoms with van der Waals surface area (Å²) >= 11 is 0. The fraction of sp³-hybridized carbons (Fsp3) is 0.267. The molecule has 5 rings (SSSR count). The molecule has 1 unspecified atom stereocenters. The van der Waals surface area contributed by atoms with E-state index in [1.807, 2.05) is 25.8 Å². The molecule has 0 aromatic heterocycles. The maximum Gasteiger partial charge on any atom is 0.300 e. The molecule has 2 aliphatic heterocycles. The van der Waals surface area contributed by atoms with Crippen molar-refractivity contribution in [3.05, 3.63) is 77.4 Å². The van der Waals surface area contributed by atoms with Crippen molar-refractivity contribution in [1.29, 1.82) is 0 Å². The number of aliphatic hydroxyl groups is 1. The van der Waals surface area contributed by atoms with Gasteiger partial charge in [-0.3, -0.25) is 14.5 Å². The van der Waals surface area contributed by atoms with Crippen LogP contribution in [-0.2, 0) is 9.59 Å². The highest BCUT2D eigenvalue weighted by molar-refractivity contribution is 6.51. The van der Waals surface area contributed by atoms with Crippen molar-refractivity contribution in [2.24, 2.45) is 0 Å². The number of carbonyl (C=O) groups is 2. The summed E-state index contributed by atoms with van der Waals surface area (Å²) in [6.45, 7) is 5.73. The molecule has 1 saturated heterocycles. The zero-order valence-electron chi connectivity index (χ0n) is 22.0. The second-order valence-corrected chi connectivity index (χ2v) is 9.21. The van der Waals surface area contributed by atoms with Gasteiger partial charge in [0, 0.05) is 24.4 Å². The number of phenols is 1. The van der Waals surface area contributed by atoms with Gasteiger partial charge in [-0.2, -0.15) is 0 Å². The van der Waals surface area contributed by atoms with Crippen molar-refractivity contribution in [1.82, 2.24) is 0 Å². The van der Waals surface area contributed by atoms with Crippen molar-refractivity contribution in [3.63, 3.8) is 0 Å². The first kappa shape index (κ1) is 26.0. The van der Waals surface area contributed by atoms with Crippen LogP contribution >= 0.6 is 0 Å². The Morgan fingerprint density at radius 2 is 1.69 bits per heavy atom. The summed E-state index contributed by atoms with van der Waals surface area (Å²) in [5, 5.41) is 21.4. The third-order valence-corrected chi connectivity index (χ3v) is 6.79. The fourth-order valence-electron chi connectivity index (χ4n) is 4.91. The summed E-state index contributed by atoms with van der Waals surface area (Å²) in [6, 6.07) is 15.4. The third kappa shape index (κ3) is 4.71. The summed E-state index contributed by atoms with van der Waals surface area (Å²) in [5.41, 5.74) is 2.04. The predicted octanol–water partition coefficient (Wildman–Crippen LogP) is 4.64. The van der Waals surface area contributed by atoms with E-state index >= 15 is 0 Å². The Kier molecular flexibility index (Phi) is 7.06. The maximum absolute atomic E-state index is 13.5. The average molecular weight is 531 g/mol. The van der Waals surface area contributed by atoms with Crippen LogP contribution in [0.3, 0.4) is 0 Å². The summed E-state index contributed by atoms with van der Waals surface area (Å²) in [6.07, 6.45) is 0. The van der Waals surface area contributed by atoms with Gasteiger partial charge in [0.2, 0.25) is 0 Å². The van der Waals surface area contributed by atoms with Crippen molar-refractivity contribution in [2.45, 2.75) is 19.9 Å². The van der Waals surface area contributed by atoms with Gasteiger partial charge in [-0.15, -0.1) is 0 Å². The number of carbonyl (C=O) groups excluding carboxylic acids is 2. The van der Waals surface area contributed by atoms with Crippen LogP contribution in [0.2, 0.25) is 0 Å². The molecular weight excluding hydrogens is 500 g/mol. The second-order valence-electron chi connectivity index (χ2n) is 9.21. The molecule has 202 valence electrons. The fourth-order valence-corrected chi connectivity index (χ4v) is 4.91. The summed E-state index contributed by atoms with van der Waals surface area (Å²) in [5.74, 6) is -0.255. The molecule has 0 spiro atoms. The van der Waals surface area contributed by atoms with Gasteiger partial charge < -0.3 is 29.3 Å². The highest BCUT2D eigenvalue weighted by Crippen LogP contribution is 2.45. The number of Topliss-reactive ketones (excluding diaryl/α,β-unsaturated/α-hetero) is 1. The Bertz CT molecular complexity index is 1450. The number of likely N-dealkylation sites (N-methyl/N-ethyl adjacent to an activating group) is 1. The minimum absolute atomic E-state index is 0.0353. The Labute approximate surface area is 226 Å². The van der Waals surface area contributed by atoms with Crippen LogP contribution in [0, 0.1) is 0 Å². The molecule has 0 aliphatic carbocycles. The minimum Gasteiger partial charge on any atom is -0.508 e. The number of hydrogen-bond acceptors (Lipinski definition) is 8. The number of phenolic OH excluding ortho intramolecular Hbond substituents is 1. The molecule has 3 aromatic rings. The lowest BCUT2D eigenvalue weighted by Gasteiger charge is -2.28. The third-order valence-electron chi connectivity index (χ3n) is 6.79. The zero-order chi connectivity index (χ0) is 27.7. The normalized spacial score (nSPS) is 18.1. The summed E-state index contributed by atoms with van der Waals surface area (Å²) < 4.78 is 17.1. The lowest BCUT2D eigenvalue weighted by atomic mass is 9.94. The van der Waals surface area contributed by atoms with Gasteiger partial charge in [-0.25, -0.2) is 0 Å². The lowest BCUT2D eigenvalue weighted by Crippen LogP contribution is -2.29. The lowest BCUT2D eigenvalue weighted by molar-refractivity contribution is -0.132. The molecule has 1 fully saturated rings. The van der Waals surface area contributed by atoms with E-state index in [9.17, 15) is 19.8 Å². The molecule has 0 radical (unpaired) electrons. The molecule has 3 aromatic carbocycles. The smallest absolute Gasteiger partial charge is 0.300 e. The molecule has 2 aliphatic rings. The number of hydrogen-bond donors (Lipinski definition) is 2. The van der Waals surface area contributed by atoms with Gasteiger partial charge in [0.1, 0.15) is 23.9 Å². The van der Waals surface area contributed by atoms with E-state index in [1.165, 1.54) is 17.0 Å². The highest BCUT2D eigenvalue weighted by atomic mass is 16.5. The van der Waals surface area contributed by atoms with Crippen LogP contribution in [0.5, 0.6) is 23.0 Å². The van der Waals surface area contributed by atoms with Crippen LogP contribution in [-0.4, -0.2) is 55.3 Å². The number of aromatic hydroxyl groups is 1. The van der Waals surface area contributed by atoms with Crippen molar-refractivity contribution >= 4 is 28.8 Å². The molecule has 9 nitrogen and oxygen atoms in total. The molecule has 9 heteroatoms. The van der Waals surface area contributed by atoms with Gasteiger partial charge in [0.15, 0.2) is 11.5 Å². The van der Waals surface area contributed by atoms with Crippen LogP contribution in [0.15, 0.2) is 66.2 Å². The molecule has 0 saturated carbocycles. The number of amides is 1. The number of ether oxygens (including phenoxy) is 3. The largest absolute Gasteiger partial charge is 0.508 e. The van der Waals surface area contributed by atoms with Crippen LogP contribution in [0.1, 0.15) is 31.0 Å². The number of fused-ring (bicyclic) bond motifs is 1. The van der Waals surface area contributed by atoms with Crippen LogP contribution in [0.25, 0.3) is 5.76 Å². The van der Waals surface area contributed by atoms with E-state index in [4.69, 9.17) is 14.2 Å². The predicted molar refractivity (Wildman–Crippen MR) is 147 cm³/mol. The molecule has 2 N–H and O–H groups in total. The van der Waals surface area contributed by atoms with Gasteiger partial charge in [-0.1, -0.05) is 12.1 Å². The zero-order valence-corrected chi connectivity index (χ0v) is 22.0. The van der Waals surface area contributed by atoms with E-state index in [2.05, 4.69) is 0 Å². The minimum atomic E-state index is -0.956. The Morgan fingerprint density at radius 3 is 2.41 bits per heavy atom. The molecule has 2 heterocycles. The van der Waals surface area contributed by atoms with Gasteiger partial charge in [0.25, 0.3) is 11.7 Å². The van der Waals surface area contributed by atoms with Crippen molar-refractivity contribution in [3.8, 4) is 23.0 Å². The number of nitrogens with zero attached hydrogens (tertiary/aromatic N) is 2. The van der Waals surface area contributed by atoms with Crippen LogP contribution in [0.4, 0.5) is 11.4 Å². The van der Waals surface area contributed by atoms with Gasteiger partial charge >= 0.3 is 0 Å². The van der Waals surface area contributed by atoms with Crippen LogP contribution < -0.4 is 24.0 Å². The first-order chi connectivity index (χ1) is 18.8. The second kappa shape index (κ2) is 10.6. The topological polar surface area (TPSA) is 109 Å². The summed E-state index contributed by atoms with van der Waals surface area (Å²) in [4.78, 5) is 30.4. The Morgan fingerprint density at radius 1 is 0.974 bits per heavy atom. The van der Waals surface area contributed by atoms with E-state index < -0.39 is 17.7 Å². The van der Waals surface area contributed by atoms with E-state index in [-0.39, 0.29) is 17.1 Å². The first-order valence-corrected chi connectivity index (χ1v) is 12.8. The first-order valence-electron chi connectivity index (χ1n) is 12.8. The van der Waals surface area contributed by atoms with Crippen molar-refractivity contribution in [2.75, 3.05) is 43.2 Å². The highest BCUT2D eigenvalue weighted by Gasteiger charge is 2.47. The number of rotatable bonds is 7. The SMILES string of the molecule is CCOc1ccc(N2C(=O)C(=O)/C(=C(\O)c3ccc4c(c3)N(C)CCO4)C2c2ccc(O)cc2)cc1OCC. The Balaban J connectivity index is 1.67. The average Bonchev–Trinajstić information content (AvgIpc) is 3.20. The number of ketones is 1. The molecule has 1 amide bonds. The molecule has 1 atom stereocenters. The molecular formula is C30H30N2O7. The van der Waals surface area contributed by atoms with E-state index in [0.29, 0.717) is 60.4 Å². The maximum atomic E-state index is 13.5. The standard InChI is InChI=1S/C30H30N2O7/c1-4-37-24-13-9-20(17-25(24)38-5-2)32-27(18-6-10-21(33)11-7-18)26(29(35)30(32)36)28(34)19-8-12-23-22(16-19)31(3)14-15-39-23/h6-13,16-17,27,33-34H,4-5,14-15H2,1-3H3/b28-26-. The molecule has 39 heavy (non-hydrogen) atoms. The van der Waals surface area contributed by atoms with Crippen molar-refractivity contribution < 1.29 is 34.0 Å². The number of benzene rings is 3. The van der Waals surface area contributed by atoms with Gasteiger partial charge in [0.05, 0.1) is 37.1 Å². The monoisotopic (exact) mass is 530 g/mol. The summed E-state index contributed by atoms with van der Waals surface area (Å²) in [7, 11) is 1.92. The van der Waals surface area contributed by atoms with E-state index in [1.54, 1.807) is 48.5 Å². The number of anilines is 2. The molecule has 0 bridgehead atoms. The quantitative estimate of drug-likeness (QED) is 0.258.